The van der Waals surface area contributed by atoms with E-state index < -0.39 is 0 Å². The minimum absolute atomic E-state index is 0.538. The Labute approximate surface area is 94.9 Å². The molecular weight excluding hydrogens is 275 g/mol. The number of hydrogen-bond donors (Lipinski definition) is 1. The summed E-state index contributed by atoms with van der Waals surface area (Å²) in [5.41, 5.74) is 2.98. The Morgan fingerprint density at radius 3 is 2.77 bits per heavy atom. The van der Waals surface area contributed by atoms with E-state index in [1.54, 1.807) is 0 Å². The standard InChI is InChI=1S/C10H19IN2/c1-4-13-6-5-10(8(2)7-13)12-9(3)11/h9,12H,4-7H2,1-3H3. The average Bonchev–Trinajstić information content (AvgIpc) is 2.08. The molecule has 0 bridgehead atoms. The highest BCUT2D eigenvalue weighted by atomic mass is 127. The zero-order chi connectivity index (χ0) is 9.84. The summed E-state index contributed by atoms with van der Waals surface area (Å²) in [6.45, 7) is 10.2. The predicted octanol–water partition coefficient (Wildman–Crippen LogP) is 2.36. The molecule has 13 heavy (non-hydrogen) atoms. The Morgan fingerprint density at radius 1 is 1.62 bits per heavy atom. The number of nitrogens with zero attached hydrogens (tertiary/aromatic N) is 1. The Kier molecular flexibility index (Phi) is 4.52. The van der Waals surface area contributed by atoms with E-state index >= 15 is 0 Å². The molecule has 0 aromatic heterocycles. The summed E-state index contributed by atoms with van der Waals surface area (Å²) in [7, 11) is 0. The highest BCUT2D eigenvalue weighted by molar-refractivity contribution is 14.1. The summed E-state index contributed by atoms with van der Waals surface area (Å²) in [6, 6.07) is 0. The Balaban J connectivity index is 2.54. The van der Waals surface area contributed by atoms with Crippen molar-refractivity contribution in [2.75, 3.05) is 19.6 Å². The molecule has 1 atom stereocenters. The van der Waals surface area contributed by atoms with Crippen molar-refractivity contribution in [1.29, 1.82) is 0 Å². The molecule has 1 aliphatic rings. The van der Waals surface area contributed by atoms with E-state index in [4.69, 9.17) is 0 Å². The Hall–Kier alpha value is 0.230. The summed E-state index contributed by atoms with van der Waals surface area (Å²) in [6.07, 6.45) is 1.19. The minimum atomic E-state index is 0.538. The monoisotopic (exact) mass is 294 g/mol. The highest BCUT2D eigenvalue weighted by Gasteiger charge is 2.14. The average molecular weight is 294 g/mol. The van der Waals surface area contributed by atoms with Crippen LogP contribution in [0.1, 0.15) is 27.2 Å². The zero-order valence-electron chi connectivity index (χ0n) is 8.73. The molecule has 0 fully saturated rings. The SMILES string of the molecule is CCN1CCC(NC(C)I)=C(C)C1. The third-order valence-corrected chi connectivity index (χ3v) is 2.79. The summed E-state index contributed by atoms with van der Waals surface area (Å²) in [5, 5.41) is 3.52. The van der Waals surface area contributed by atoms with Crippen LogP contribution in [0.25, 0.3) is 0 Å². The molecule has 1 rings (SSSR count). The fourth-order valence-corrected chi connectivity index (χ4v) is 2.07. The molecule has 0 amide bonds. The quantitative estimate of drug-likeness (QED) is 0.488. The Bertz CT molecular complexity index is 199. The van der Waals surface area contributed by atoms with Gasteiger partial charge in [0.1, 0.15) is 0 Å². The van der Waals surface area contributed by atoms with Gasteiger partial charge in [0.05, 0.1) is 4.05 Å². The van der Waals surface area contributed by atoms with E-state index in [2.05, 4.69) is 53.6 Å². The summed E-state index contributed by atoms with van der Waals surface area (Å²) < 4.78 is 0.538. The molecule has 0 saturated carbocycles. The highest BCUT2D eigenvalue weighted by Crippen LogP contribution is 2.16. The van der Waals surface area contributed by atoms with Crippen LogP contribution in [0.15, 0.2) is 11.3 Å². The van der Waals surface area contributed by atoms with Crippen molar-refractivity contribution in [2.45, 2.75) is 31.2 Å². The van der Waals surface area contributed by atoms with Crippen LogP contribution in [0.5, 0.6) is 0 Å². The molecule has 0 spiro atoms. The molecule has 0 radical (unpaired) electrons. The molecule has 0 aromatic carbocycles. The van der Waals surface area contributed by atoms with Gasteiger partial charge in [-0.15, -0.1) is 0 Å². The lowest BCUT2D eigenvalue weighted by atomic mass is 10.1. The van der Waals surface area contributed by atoms with Crippen molar-refractivity contribution < 1.29 is 0 Å². The normalized spacial score (nSPS) is 21.8. The molecule has 3 heteroatoms. The molecule has 2 nitrogen and oxygen atoms in total. The molecule has 1 aliphatic heterocycles. The molecule has 76 valence electrons. The van der Waals surface area contributed by atoms with Gasteiger partial charge >= 0.3 is 0 Å². The first-order valence-electron chi connectivity index (χ1n) is 4.95. The van der Waals surface area contributed by atoms with Crippen LogP contribution in [0.4, 0.5) is 0 Å². The van der Waals surface area contributed by atoms with E-state index in [1.807, 2.05) is 0 Å². The van der Waals surface area contributed by atoms with Crippen molar-refractivity contribution in [1.82, 2.24) is 10.2 Å². The lowest BCUT2D eigenvalue weighted by Crippen LogP contribution is -2.35. The first kappa shape index (κ1) is 11.3. The molecular formula is C10H19IN2. The third-order valence-electron chi connectivity index (χ3n) is 2.47. The molecule has 1 heterocycles. The first-order valence-corrected chi connectivity index (χ1v) is 6.19. The summed E-state index contributed by atoms with van der Waals surface area (Å²) >= 11 is 2.41. The van der Waals surface area contributed by atoms with Crippen molar-refractivity contribution in [3.8, 4) is 0 Å². The van der Waals surface area contributed by atoms with Crippen LogP contribution in [0, 0.1) is 0 Å². The van der Waals surface area contributed by atoms with Gasteiger partial charge in [0.15, 0.2) is 0 Å². The molecule has 1 N–H and O–H groups in total. The number of rotatable bonds is 3. The molecule has 0 saturated heterocycles. The fraction of sp³-hybridized carbons (Fsp3) is 0.800. The minimum Gasteiger partial charge on any atom is -0.377 e. The van der Waals surface area contributed by atoms with Crippen molar-refractivity contribution >= 4 is 22.6 Å². The molecule has 0 aromatic rings. The predicted molar refractivity (Wildman–Crippen MR) is 66.0 cm³/mol. The lowest BCUT2D eigenvalue weighted by molar-refractivity contribution is 0.296. The Morgan fingerprint density at radius 2 is 2.31 bits per heavy atom. The van der Waals surface area contributed by atoms with Gasteiger partial charge in [0.25, 0.3) is 0 Å². The maximum Gasteiger partial charge on any atom is 0.0750 e. The van der Waals surface area contributed by atoms with Crippen LogP contribution < -0.4 is 5.32 Å². The fourth-order valence-electron chi connectivity index (χ4n) is 1.70. The second-order valence-electron chi connectivity index (χ2n) is 3.64. The second-order valence-corrected chi connectivity index (χ2v) is 5.51. The smallest absolute Gasteiger partial charge is 0.0750 e. The van der Waals surface area contributed by atoms with Crippen LogP contribution in [0.3, 0.4) is 0 Å². The van der Waals surface area contributed by atoms with Gasteiger partial charge in [-0.3, -0.25) is 4.90 Å². The lowest BCUT2D eigenvalue weighted by Gasteiger charge is -2.29. The van der Waals surface area contributed by atoms with Crippen molar-refractivity contribution in [3.63, 3.8) is 0 Å². The van der Waals surface area contributed by atoms with Crippen LogP contribution in [-0.2, 0) is 0 Å². The second kappa shape index (κ2) is 5.20. The molecule has 0 aliphatic carbocycles. The van der Waals surface area contributed by atoms with E-state index in [1.165, 1.54) is 30.8 Å². The van der Waals surface area contributed by atoms with Crippen LogP contribution in [-0.4, -0.2) is 28.6 Å². The van der Waals surface area contributed by atoms with E-state index in [-0.39, 0.29) is 0 Å². The third kappa shape index (κ3) is 3.46. The van der Waals surface area contributed by atoms with Gasteiger partial charge in [0, 0.05) is 18.8 Å². The number of hydrogen-bond acceptors (Lipinski definition) is 2. The summed E-state index contributed by atoms with van der Waals surface area (Å²) in [4.78, 5) is 2.48. The van der Waals surface area contributed by atoms with Gasteiger partial charge in [-0.2, -0.15) is 0 Å². The van der Waals surface area contributed by atoms with Gasteiger partial charge in [-0.25, -0.2) is 0 Å². The van der Waals surface area contributed by atoms with Crippen LogP contribution >= 0.6 is 22.6 Å². The van der Waals surface area contributed by atoms with E-state index in [9.17, 15) is 0 Å². The maximum absolute atomic E-state index is 3.52. The molecule has 1 unspecified atom stereocenters. The maximum atomic E-state index is 3.52. The van der Waals surface area contributed by atoms with Crippen molar-refractivity contribution in [3.05, 3.63) is 11.3 Å². The van der Waals surface area contributed by atoms with Gasteiger partial charge in [-0.05, 0) is 32.4 Å². The number of likely N-dealkylation sites (N-methyl/N-ethyl adjacent to an activating group) is 1. The van der Waals surface area contributed by atoms with Gasteiger partial charge < -0.3 is 5.32 Å². The van der Waals surface area contributed by atoms with Crippen LogP contribution in [0.2, 0.25) is 0 Å². The van der Waals surface area contributed by atoms with Gasteiger partial charge in [0.2, 0.25) is 0 Å². The zero-order valence-corrected chi connectivity index (χ0v) is 10.9. The van der Waals surface area contributed by atoms with Crippen molar-refractivity contribution in [2.24, 2.45) is 0 Å². The number of nitrogens with one attached hydrogen (secondary N) is 1. The van der Waals surface area contributed by atoms with E-state index in [0.717, 1.165) is 6.54 Å². The first-order chi connectivity index (χ1) is 6.13. The topological polar surface area (TPSA) is 15.3 Å². The summed E-state index contributed by atoms with van der Waals surface area (Å²) in [5.74, 6) is 0. The van der Waals surface area contributed by atoms with Gasteiger partial charge in [-0.1, -0.05) is 29.5 Å². The van der Waals surface area contributed by atoms with E-state index in [0.29, 0.717) is 4.05 Å². The number of alkyl halides is 1. The largest absolute Gasteiger partial charge is 0.377 e. The number of halogens is 1.